The Bertz CT molecular complexity index is 1020. The lowest BCUT2D eigenvalue weighted by molar-refractivity contribution is -0.125. The highest BCUT2D eigenvalue weighted by atomic mass is 32.1. The molecule has 1 unspecified atom stereocenters. The maximum Gasteiger partial charge on any atom is 0.407 e. The summed E-state index contributed by atoms with van der Waals surface area (Å²) in [6.07, 6.45) is 2.35. The molecule has 0 bridgehead atoms. The zero-order valence-electron chi connectivity index (χ0n) is 22.9. The Kier molecular flexibility index (Phi) is 12.9. The average Bonchev–Trinajstić information content (AvgIpc) is 3.56. The Balaban J connectivity index is 1.80. The molecule has 2 rings (SSSR count). The number of aliphatic hydroxyl groups is 1. The second-order valence-corrected chi connectivity index (χ2v) is 11.7. The molecule has 0 radical (unpaired) electrons. The fourth-order valence-corrected chi connectivity index (χ4v) is 4.79. The summed E-state index contributed by atoms with van der Waals surface area (Å²) in [6.45, 7) is 9.78. The maximum absolute atomic E-state index is 13.0. The first kappa shape index (κ1) is 31.4. The van der Waals surface area contributed by atoms with Crippen molar-refractivity contribution in [3.05, 3.63) is 32.7 Å². The first-order valence-corrected chi connectivity index (χ1v) is 14.4. The van der Waals surface area contributed by atoms with Crippen molar-refractivity contribution < 1.29 is 24.2 Å². The van der Waals surface area contributed by atoms with Crippen molar-refractivity contribution >= 4 is 40.7 Å². The molecule has 0 saturated heterocycles. The molecule has 212 valence electrons. The van der Waals surface area contributed by atoms with Crippen LogP contribution in [0, 0.1) is 5.92 Å². The van der Waals surface area contributed by atoms with Gasteiger partial charge >= 0.3 is 12.1 Å². The summed E-state index contributed by atoms with van der Waals surface area (Å²) in [7, 11) is 1.64. The molecule has 0 aliphatic rings. The minimum Gasteiger partial charge on any atom is -0.444 e. The summed E-state index contributed by atoms with van der Waals surface area (Å²) in [5, 5.41) is 21.1. The summed E-state index contributed by atoms with van der Waals surface area (Å²) in [5.41, 5.74) is 2.46. The number of amides is 4. The number of ether oxygens (including phenoxy) is 1. The highest BCUT2D eigenvalue weighted by Crippen LogP contribution is 2.20. The van der Waals surface area contributed by atoms with Gasteiger partial charge in [-0.25, -0.2) is 14.6 Å². The predicted octanol–water partition coefficient (Wildman–Crippen LogP) is 3.46. The largest absolute Gasteiger partial charge is 0.444 e. The Morgan fingerprint density at radius 2 is 1.74 bits per heavy atom. The minimum absolute atomic E-state index is 0.161. The normalized spacial score (nSPS) is 14.3. The van der Waals surface area contributed by atoms with Crippen LogP contribution in [0.2, 0.25) is 0 Å². The Morgan fingerprint density at radius 1 is 1.05 bits per heavy atom. The number of carbonyl (C=O) groups is 3. The number of nitrogens with one attached hydrogen (secondary N) is 3. The van der Waals surface area contributed by atoms with E-state index < -0.39 is 24.1 Å². The lowest BCUT2D eigenvalue weighted by Gasteiger charge is -2.27. The monoisotopic (exact) mass is 568 g/mol. The molecule has 4 atom stereocenters. The molecule has 0 aliphatic carbocycles. The van der Waals surface area contributed by atoms with Gasteiger partial charge in [-0.1, -0.05) is 20.8 Å². The molecule has 13 heteroatoms. The molecule has 0 saturated carbocycles. The van der Waals surface area contributed by atoms with Crippen LogP contribution < -0.4 is 16.0 Å². The standard InChI is InChI=1S/C25H40N6O5S2/c1-15(2)23-29-19(13-37-23)10-31(6)24(34)30-21(16(3)11-32)22(33)27-17(4)7-8-18(5)28-25(35)36-12-20-9-26-14-38-20/h9,13-18,21,32H,7-8,10-12H2,1-6H3,(H,27,33)(H,28,35)(H,30,34)/t16?,17-,18-,21-/m0/s1. The highest BCUT2D eigenvalue weighted by Gasteiger charge is 2.29. The van der Waals surface area contributed by atoms with Gasteiger partial charge in [-0.3, -0.25) is 9.78 Å². The lowest BCUT2D eigenvalue weighted by Crippen LogP contribution is -2.55. The van der Waals surface area contributed by atoms with E-state index in [1.54, 1.807) is 37.0 Å². The predicted molar refractivity (Wildman–Crippen MR) is 148 cm³/mol. The van der Waals surface area contributed by atoms with Gasteiger partial charge in [-0.05, 0) is 26.7 Å². The van der Waals surface area contributed by atoms with Crippen molar-refractivity contribution in [1.82, 2.24) is 30.8 Å². The number of thiazole rings is 2. The van der Waals surface area contributed by atoms with Crippen LogP contribution in [-0.2, 0) is 22.7 Å². The molecule has 0 aromatic carbocycles. The fraction of sp³-hybridized carbons (Fsp3) is 0.640. The van der Waals surface area contributed by atoms with E-state index in [1.807, 2.05) is 19.2 Å². The molecule has 4 N–H and O–H groups in total. The lowest BCUT2D eigenvalue weighted by atomic mass is 10.0. The van der Waals surface area contributed by atoms with Crippen LogP contribution in [0.15, 0.2) is 17.1 Å². The van der Waals surface area contributed by atoms with Gasteiger partial charge in [-0.2, -0.15) is 0 Å². The fourth-order valence-electron chi connectivity index (χ4n) is 3.46. The smallest absolute Gasteiger partial charge is 0.407 e. The van der Waals surface area contributed by atoms with Crippen molar-refractivity contribution in [3.63, 3.8) is 0 Å². The molecule has 4 amide bonds. The van der Waals surface area contributed by atoms with Gasteiger partial charge in [-0.15, -0.1) is 22.7 Å². The van der Waals surface area contributed by atoms with Crippen LogP contribution in [-0.4, -0.2) is 69.8 Å². The SMILES string of the molecule is CC(C)c1nc(CN(C)C(=O)N[C@H](C(=O)N[C@@H](C)CC[C@H](C)NC(=O)OCc2cncs2)C(C)CO)cs1. The number of hydrogen-bond acceptors (Lipinski definition) is 9. The first-order valence-electron chi connectivity index (χ1n) is 12.7. The third-order valence-corrected chi connectivity index (χ3v) is 7.79. The number of aliphatic hydroxyl groups excluding tert-OH is 1. The van der Waals surface area contributed by atoms with Crippen LogP contribution in [0.5, 0.6) is 0 Å². The maximum atomic E-state index is 13.0. The molecular weight excluding hydrogens is 528 g/mol. The first-order chi connectivity index (χ1) is 18.0. The van der Waals surface area contributed by atoms with Gasteiger partial charge in [0.2, 0.25) is 5.91 Å². The van der Waals surface area contributed by atoms with E-state index >= 15 is 0 Å². The number of alkyl carbamates (subject to hydrolysis) is 1. The van der Waals surface area contributed by atoms with Gasteiger partial charge in [0, 0.05) is 49.2 Å². The summed E-state index contributed by atoms with van der Waals surface area (Å²) >= 11 is 2.97. The van der Waals surface area contributed by atoms with E-state index in [1.165, 1.54) is 16.2 Å². The van der Waals surface area contributed by atoms with Crippen molar-refractivity contribution in [2.24, 2.45) is 5.92 Å². The number of rotatable bonds is 14. The van der Waals surface area contributed by atoms with E-state index in [0.717, 1.165) is 15.6 Å². The van der Waals surface area contributed by atoms with Gasteiger partial charge < -0.3 is 30.7 Å². The van der Waals surface area contributed by atoms with Crippen LogP contribution in [0.4, 0.5) is 9.59 Å². The van der Waals surface area contributed by atoms with Crippen LogP contribution in [0.25, 0.3) is 0 Å². The quantitative estimate of drug-likeness (QED) is 0.273. The van der Waals surface area contributed by atoms with E-state index in [2.05, 4.69) is 39.8 Å². The summed E-state index contributed by atoms with van der Waals surface area (Å²) < 4.78 is 5.18. The third kappa shape index (κ3) is 10.5. The minimum atomic E-state index is -0.906. The van der Waals surface area contributed by atoms with Crippen LogP contribution >= 0.6 is 22.7 Å². The molecule has 2 heterocycles. The number of nitrogens with zero attached hydrogens (tertiary/aromatic N) is 3. The van der Waals surface area contributed by atoms with Crippen molar-refractivity contribution in [3.8, 4) is 0 Å². The zero-order chi connectivity index (χ0) is 28.2. The topological polar surface area (TPSA) is 146 Å². The van der Waals surface area contributed by atoms with Crippen molar-refractivity contribution in [2.75, 3.05) is 13.7 Å². The van der Waals surface area contributed by atoms with Gasteiger partial charge in [0.15, 0.2) is 0 Å². The number of urea groups is 1. The van der Waals surface area contributed by atoms with Gasteiger partial charge in [0.1, 0.15) is 12.6 Å². The molecular formula is C25H40N6O5S2. The van der Waals surface area contributed by atoms with Gasteiger partial charge in [0.25, 0.3) is 0 Å². The molecule has 0 spiro atoms. The second-order valence-electron chi connectivity index (χ2n) is 9.85. The number of aromatic nitrogens is 2. The van der Waals surface area contributed by atoms with E-state index in [4.69, 9.17) is 4.74 Å². The highest BCUT2D eigenvalue weighted by molar-refractivity contribution is 7.09. The zero-order valence-corrected chi connectivity index (χ0v) is 24.5. The summed E-state index contributed by atoms with van der Waals surface area (Å²) in [4.78, 5) is 48.6. The van der Waals surface area contributed by atoms with Crippen LogP contribution in [0.3, 0.4) is 0 Å². The van der Waals surface area contributed by atoms with Crippen LogP contribution in [0.1, 0.15) is 69.0 Å². The summed E-state index contributed by atoms with van der Waals surface area (Å²) in [6, 6.07) is -1.71. The molecule has 0 aliphatic heterocycles. The molecule has 2 aromatic rings. The Morgan fingerprint density at radius 3 is 2.32 bits per heavy atom. The third-order valence-electron chi connectivity index (χ3n) is 5.84. The van der Waals surface area contributed by atoms with Crippen molar-refractivity contribution in [1.29, 1.82) is 0 Å². The number of carbonyl (C=O) groups excluding carboxylic acids is 3. The van der Waals surface area contributed by atoms with E-state index in [0.29, 0.717) is 25.3 Å². The molecule has 38 heavy (non-hydrogen) atoms. The average molecular weight is 569 g/mol. The second kappa shape index (κ2) is 15.6. The molecule has 2 aromatic heterocycles. The van der Waals surface area contributed by atoms with E-state index in [-0.39, 0.29) is 31.2 Å². The van der Waals surface area contributed by atoms with Gasteiger partial charge in [0.05, 0.1) is 27.6 Å². The Hall–Kier alpha value is -2.77. The molecule has 0 fully saturated rings. The molecule has 11 nitrogen and oxygen atoms in total. The van der Waals surface area contributed by atoms with E-state index in [9.17, 15) is 19.5 Å². The van der Waals surface area contributed by atoms with Crippen molar-refractivity contribution in [2.45, 2.75) is 84.7 Å². The number of hydrogen-bond donors (Lipinski definition) is 4. The Labute approximate surface area is 232 Å². The summed E-state index contributed by atoms with van der Waals surface area (Å²) in [5.74, 6) is -0.545.